The van der Waals surface area contributed by atoms with Gasteiger partial charge in [0.2, 0.25) is 17.7 Å². The highest BCUT2D eigenvalue weighted by Gasteiger charge is 2.41. The van der Waals surface area contributed by atoms with Crippen LogP contribution in [-0.4, -0.2) is 117 Å². The van der Waals surface area contributed by atoms with Crippen molar-refractivity contribution in [2.75, 3.05) is 65.9 Å². The number of nitrogens with zero attached hydrogens (tertiary/aromatic N) is 2. The molecule has 1 aromatic carbocycles. The average Bonchev–Trinajstić information content (AvgIpc) is 3.67. The molecular formula is C32H49N5O8S. The Morgan fingerprint density at radius 2 is 1.70 bits per heavy atom. The van der Waals surface area contributed by atoms with E-state index in [4.69, 9.17) is 24.7 Å². The summed E-state index contributed by atoms with van der Waals surface area (Å²) in [5, 5.41) is 16.1. The van der Waals surface area contributed by atoms with Gasteiger partial charge in [0.25, 0.3) is 0 Å². The van der Waals surface area contributed by atoms with E-state index in [1.165, 1.54) is 4.90 Å². The van der Waals surface area contributed by atoms with Crippen molar-refractivity contribution in [1.29, 1.82) is 0 Å². The van der Waals surface area contributed by atoms with Crippen LogP contribution in [0.2, 0.25) is 0 Å². The molecule has 0 spiro atoms. The first-order valence-corrected chi connectivity index (χ1v) is 16.8. The summed E-state index contributed by atoms with van der Waals surface area (Å²) in [5.41, 5.74) is 10.1. The number of aliphatic hydroxyl groups excluding tert-OH is 1. The van der Waals surface area contributed by atoms with E-state index in [2.05, 4.69) is 15.6 Å². The number of carbonyl (C=O) groups excluding carboxylic acids is 3. The third kappa shape index (κ3) is 12.7. The summed E-state index contributed by atoms with van der Waals surface area (Å²) in [4.78, 5) is 46.3. The molecule has 13 nitrogen and oxygen atoms in total. The minimum Gasteiger partial charge on any atom is -0.391 e. The fraction of sp³-hybridized carbons (Fsp3) is 0.625. The molecule has 1 fully saturated rings. The second kappa shape index (κ2) is 21.0. The molecule has 0 unspecified atom stereocenters. The highest BCUT2D eigenvalue weighted by Crippen LogP contribution is 2.27. The lowest BCUT2D eigenvalue weighted by Crippen LogP contribution is -2.54. The lowest BCUT2D eigenvalue weighted by Gasteiger charge is -2.28. The number of aromatic nitrogens is 1. The average molecular weight is 664 g/mol. The van der Waals surface area contributed by atoms with Gasteiger partial charge in [-0.1, -0.05) is 44.0 Å². The first-order valence-electron chi connectivity index (χ1n) is 15.9. The Balaban J connectivity index is 1.43. The molecule has 14 heteroatoms. The monoisotopic (exact) mass is 663 g/mol. The van der Waals surface area contributed by atoms with Crippen molar-refractivity contribution in [3.05, 3.63) is 41.0 Å². The Hall–Kier alpha value is -2.98. The predicted octanol–water partition coefficient (Wildman–Crippen LogP) is 1.40. The van der Waals surface area contributed by atoms with E-state index in [9.17, 15) is 19.5 Å². The van der Waals surface area contributed by atoms with Gasteiger partial charge in [0.15, 0.2) is 0 Å². The summed E-state index contributed by atoms with van der Waals surface area (Å²) < 4.78 is 21.4. The van der Waals surface area contributed by atoms with E-state index in [-0.39, 0.29) is 51.1 Å². The molecule has 2 heterocycles. The van der Waals surface area contributed by atoms with Crippen LogP contribution in [0.25, 0.3) is 10.4 Å². The normalized spacial score (nSPS) is 16.8. The predicted molar refractivity (Wildman–Crippen MR) is 174 cm³/mol. The van der Waals surface area contributed by atoms with Gasteiger partial charge in [0.1, 0.15) is 18.7 Å². The van der Waals surface area contributed by atoms with Gasteiger partial charge < -0.3 is 45.3 Å². The Bertz CT molecular complexity index is 1200. The van der Waals surface area contributed by atoms with Crippen LogP contribution in [0.15, 0.2) is 29.8 Å². The van der Waals surface area contributed by atoms with Gasteiger partial charge in [-0.15, -0.1) is 11.3 Å². The molecule has 0 bridgehead atoms. The van der Waals surface area contributed by atoms with Crippen molar-refractivity contribution in [1.82, 2.24) is 20.5 Å². The van der Waals surface area contributed by atoms with Crippen LogP contribution in [0.5, 0.6) is 0 Å². The summed E-state index contributed by atoms with van der Waals surface area (Å²) >= 11 is 1.58. The lowest BCUT2D eigenvalue weighted by atomic mass is 10.1. The molecule has 1 saturated heterocycles. The van der Waals surface area contributed by atoms with E-state index >= 15 is 0 Å². The van der Waals surface area contributed by atoms with Crippen LogP contribution in [0, 0.1) is 6.92 Å². The van der Waals surface area contributed by atoms with E-state index in [0.29, 0.717) is 52.4 Å². The number of hydrogen-bond acceptors (Lipinski definition) is 11. The summed E-state index contributed by atoms with van der Waals surface area (Å²) in [5.74, 6) is -1.17. The zero-order valence-electron chi connectivity index (χ0n) is 26.9. The maximum Gasteiger partial charge on any atom is 0.246 e. The molecular weight excluding hydrogens is 614 g/mol. The molecule has 1 aliphatic rings. The SMILES string of the molecule is CCCC[C@H](NC(=O)COCCOCCOCCOCCN)C(=O)N1C[C@H](O)C[C@H]1C(=O)NCc1ccc(-c2scnc2C)cc1. The Morgan fingerprint density at radius 3 is 2.30 bits per heavy atom. The number of unbranched alkanes of at least 4 members (excludes halogenated alkanes) is 1. The molecule has 5 N–H and O–H groups in total. The van der Waals surface area contributed by atoms with E-state index in [1.54, 1.807) is 11.3 Å². The lowest BCUT2D eigenvalue weighted by molar-refractivity contribution is -0.142. The standard InChI is InChI=1S/C32H49N5O8S/c1-3-4-5-27(36-29(39)21-45-17-16-44-15-14-43-13-12-42-11-10-33)32(41)37-20-26(38)18-28(37)31(40)34-19-24-6-8-25(9-7-24)30-23(2)35-22-46-30/h6-9,22,26-28,38H,3-5,10-21,33H2,1-2H3,(H,34,40)(H,36,39)/t26-,27+,28+/m1/s1. The van der Waals surface area contributed by atoms with Crippen molar-refractivity contribution in [3.63, 3.8) is 0 Å². The number of carbonyl (C=O) groups is 3. The Kier molecular flexibility index (Phi) is 17.1. The number of aliphatic hydroxyl groups is 1. The Labute approximate surface area is 275 Å². The quantitative estimate of drug-likeness (QED) is 0.135. The third-order valence-electron chi connectivity index (χ3n) is 7.38. The van der Waals surface area contributed by atoms with Gasteiger partial charge in [-0.05, 0) is 24.5 Å². The Morgan fingerprint density at radius 1 is 1.04 bits per heavy atom. The van der Waals surface area contributed by atoms with Gasteiger partial charge in [-0.25, -0.2) is 4.98 Å². The van der Waals surface area contributed by atoms with Crippen molar-refractivity contribution in [3.8, 4) is 10.4 Å². The molecule has 3 amide bonds. The molecule has 0 saturated carbocycles. The van der Waals surface area contributed by atoms with Crippen LogP contribution in [0.3, 0.4) is 0 Å². The molecule has 1 aliphatic heterocycles. The largest absolute Gasteiger partial charge is 0.391 e. The molecule has 3 rings (SSSR count). The number of likely N-dealkylation sites (tertiary alicyclic amines) is 1. The molecule has 0 aliphatic carbocycles. The first kappa shape index (κ1) is 37.5. The number of aryl methyl sites for hydroxylation is 1. The van der Waals surface area contributed by atoms with E-state index in [1.807, 2.05) is 43.6 Å². The third-order valence-corrected chi connectivity index (χ3v) is 8.36. The van der Waals surface area contributed by atoms with Crippen LogP contribution in [0.1, 0.15) is 43.9 Å². The number of nitrogens with one attached hydrogen (secondary N) is 2. The number of ether oxygens (including phenoxy) is 4. The minimum atomic E-state index is -0.835. The van der Waals surface area contributed by atoms with Crippen molar-refractivity contribution in [2.45, 2.75) is 64.3 Å². The highest BCUT2D eigenvalue weighted by atomic mass is 32.1. The number of amides is 3. The maximum absolute atomic E-state index is 13.6. The number of hydrogen-bond donors (Lipinski definition) is 4. The topological polar surface area (TPSA) is 175 Å². The number of rotatable bonds is 22. The first-order chi connectivity index (χ1) is 22.3. The minimum absolute atomic E-state index is 0.0244. The molecule has 2 aromatic rings. The van der Waals surface area contributed by atoms with Crippen LogP contribution >= 0.6 is 11.3 Å². The summed E-state index contributed by atoms with van der Waals surface area (Å²) in [6, 6.07) is 6.22. The van der Waals surface area contributed by atoms with Crippen LogP contribution < -0.4 is 16.4 Å². The van der Waals surface area contributed by atoms with Gasteiger partial charge in [0.05, 0.1) is 68.4 Å². The smallest absolute Gasteiger partial charge is 0.246 e. The zero-order valence-corrected chi connectivity index (χ0v) is 27.7. The summed E-state index contributed by atoms with van der Waals surface area (Å²) in [7, 11) is 0. The maximum atomic E-state index is 13.6. The number of thiazole rings is 1. The van der Waals surface area contributed by atoms with Crippen LogP contribution in [0.4, 0.5) is 0 Å². The molecule has 3 atom stereocenters. The second-order valence-electron chi connectivity index (χ2n) is 11.0. The second-order valence-corrected chi connectivity index (χ2v) is 11.9. The van der Waals surface area contributed by atoms with E-state index in [0.717, 1.165) is 28.1 Å². The fourth-order valence-electron chi connectivity index (χ4n) is 4.98. The van der Waals surface area contributed by atoms with Gasteiger partial charge in [-0.3, -0.25) is 14.4 Å². The van der Waals surface area contributed by atoms with Crippen LogP contribution in [-0.2, 0) is 39.9 Å². The highest BCUT2D eigenvalue weighted by molar-refractivity contribution is 7.13. The van der Waals surface area contributed by atoms with Crippen molar-refractivity contribution in [2.24, 2.45) is 5.73 Å². The zero-order chi connectivity index (χ0) is 33.1. The number of β-amino-alcohol motifs (C(OH)–C–C–N with tert-alkyl or cyclic N) is 1. The molecule has 46 heavy (non-hydrogen) atoms. The van der Waals surface area contributed by atoms with Gasteiger partial charge in [0, 0.05) is 26.1 Å². The summed E-state index contributed by atoms with van der Waals surface area (Å²) in [6.45, 7) is 7.25. The summed E-state index contributed by atoms with van der Waals surface area (Å²) in [6.07, 6.45) is 1.24. The number of nitrogens with two attached hydrogens (primary N) is 1. The van der Waals surface area contributed by atoms with Gasteiger partial charge >= 0.3 is 0 Å². The van der Waals surface area contributed by atoms with Gasteiger partial charge in [-0.2, -0.15) is 0 Å². The molecule has 0 radical (unpaired) electrons. The number of benzene rings is 1. The molecule has 1 aromatic heterocycles. The molecule has 256 valence electrons. The van der Waals surface area contributed by atoms with E-state index < -0.39 is 24.1 Å². The fourth-order valence-corrected chi connectivity index (χ4v) is 5.79. The van der Waals surface area contributed by atoms with Crippen molar-refractivity contribution >= 4 is 29.1 Å². The van der Waals surface area contributed by atoms with Crippen molar-refractivity contribution < 1.29 is 38.4 Å².